The Labute approximate surface area is 177 Å². The molecule has 5 nitrogen and oxygen atoms in total. The number of halogens is 1. The lowest BCUT2D eigenvalue weighted by Crippen LogP contribution is -2.33. The molecule has 1 aliphatic rings. The highest BCUT2D eigenvalue weighted by molar-refractivity contribution is 6.33. The monoisotopic (exact) mass is 413 g/mol. The van der Waals surface area contributed by atoms with Gasteiger partial charge in [-0.2, -0.15) is 0 Å². The number of amides is 2. The maximum atomic E-state index is 13.3. The number of nitrogens with zero attached hydrogens (tertiary/aromatic N) is 2. The third kappa shape index (κ3) is 5.51. The Bertz CT molecular complexity index is 893. The summed E-state index contributed by atoms with van der Waals surface area (Å²) in [6, 6.07) is 13.0. The molecule has 154 valence electrons. The summed E-state index contributed by atoms with van der Waals surface area (Å²) in [4.78, 5) is 29.0. The molecule has 0 radical (unpaired) electrons. The van der Waals surface area contributed by atoms with Gasteiger partial charge in [-0.05, 0) is 54.7 Å². The minimum atomic E-state index is -0.0600. The molecule has 1 N–H and O–H groups in total. The zero-order valence-corrected chi connectivity index (χ0v) is 18.0. The Morgan fingerprint density at radius 2 is 1.86 bits per heavy atom. The molecule has 0 heterocycles. The van der Waals surface area contributed by atoms with Crippen molar-refractivity contribution in [2.24, 2.45) is 5.92 Å². The standard InChI is InChI=1S/C23H28ClN3O2/c1-4-22(28)25-18-11-12-21(26(2)3)17(13-18)15-27(14-16-9-10-16)23(29)19-7-5-6-8-20(19)24/h5-8,11-13,16H,4,9-10,14-15H2,1-3H3,(H,25,28). The maximum absolute atomic E-state index is 13.3. The van der Waals surface area contributed by atoms with Gasteiger partial charge in [0.15, 0.2) is 0 Å². The maximum Gasteiger partial charge on any atom is 0.255 e. The van der Waals surface area contributed by atoms with Crippen molar-refractivity contribution in [3.63, 3.8) is 0 Å². The van der Waals surface area contributed by atoms with Crippen LogP contribution >= 0.6 is 11.6 Å². The Morgan fingerprint density at radius 1 is 1.14 bits per heavy atom. The molecule has 2 amide bonds. The summed E-state index contributed by atoms with van der Waals surface area (Å²) in [6.07, 6.45) is 2.72. The Balaban J connectivity index is 1.91. The molecule has 29 heavy (non-hydrogen) atoms. The van der Waals surface area contributed by atoms with Crippen molar-refractivity contribution in [1.29, 1.82) is 0 Å². The third-order valence-electron chi connectivity index (χ3n) is 5.09. The van der Waals surface area contributed by atoms with Crippen molar-refractivity contribution < 1.29 is 9.59 Å². The SMILES string of the molecule is CCC(=O)Nc1ccc(N(C)C)c(CN(CC2CC2)C(=O)c2ccccc2Cl)c1. The van der Waals surface area contributed by atoms with Gasteiger partial charge in [-0.1, -0.05) is 30.7 Å². The van der Waals surface area contributed by atoms with Crippen molar-refractivity contribution in [2.75, 3.05) is 30.9 Å². The van der Waals surface area contributed by atoms with Crippen LogP contribution in [0, 0.1) is 5.92 Å². The number of rotatable bonds is 8. The molecular weight excluding hydrogens is 386 g/mol. The van der Waals surface area contributed by atoms with Crippen molar-refractivity contribution in [3.8, 4) is 0 Å². The smallest absolute Gasteiger partial charge is 0.255 e. The molecule has 0 spiro atoms. The predicted molar refractivity (Wildman–Crippen MR) is 119 cm³/mol. The van der Waals surface area contributed by atoms with E-state index in [9.17, 15) is 9.59 Å². The molecule has 1 aliphatic carbocycles. The number of nitrogens with one attached hydrogen (secondary N) is 1. The van der Waals surface area contributed by atoms with Crippen LogP contribution in [0.3, 0.4) is 0 Å². The average Bonchev–Trinajstić information content (AvgIpc) is 3.51. The summed E-state index contributed by atoms with van der Waals surface area (Å²) < 4.78 is 0. The molecule has 3 rings (SSSR count). The third-order valence-corrected chi connectivity index (χ3v) is 5.42. The van der Waals surface area contributed by atoms with Gasteiger partial charge in [-0.25, -0.2) is 0 Å². The molecule has 0 atom stereocenters. The number of hydrogen-bond acceptors (Lipinski definition) is 3. The lowest BCUT2D eigenvalue weighted by molar-refractivity contribution is -0.115. The van der Waals surface area contributed by atoms with E-state index in [1.54, 1.807) is 12.1 Å². The van der Waals surface area contributed by atoms with Crippen LogP contribution in [0.1, 0.15) is 42.1 Å². The lowest BCUT2D eigenvalue weighted by atomic mass is 10.1. The molecule has 1 fully saturated rings. The topological polar surface area (TPSA) is 52.7 Å². The Hall–Kier alpha value is -2.53. The fraction of sp³-hybridized carbons (Fsp3) is 0.391. The largest absolute Gasteiger partial charge is 0.377 e. The number of carbonyl (C=O) groups is 2. The predicted octanol–water partition coefficient (Wildman–Crippen LogP) is 4.81. The summed E-state index contributed by atoms with van der Waals surface area (Å²) in [5.74, 6) is 0.456. The Morgan fingerprint density at radius 3 is 2.48 bits per heavy atom. The molecule has 0 unspecified atom stereocenters. The van der Waals surface area contributed by atoms with E-state index in [0.29, 0.717) is 36.0 Å². The number of anilines is 2. The first kappa shape index (κ1) is 21.2. The van der Waals surface area contributed by atoms with E-state index in [1.807, 2.05) is 61.2 Å². The summed E-state index contributed by atoms with van der Waals surface area (Å²) in [7, 11) is 3.95. The van der Waals surface area contributed by atoms with Crippen LogP contribution in [0.25, 0.3) is 0 Å². The van der Waals surface area contributed by atoms with Gasteiger partial charge in [0.2, 0.25) is 5.91 Å². The highest BCUT2D eigenvalue weighted by atomic mass is 35.5. The summed E-state index contributed by atoms with van der Waals surface area (Å²) in [5, 5.41) is 3.38. The minimum absolute atomic E-state index is 0.0319. The van der Waals surface area contributed by atoms with Crippen LogP contribution in [0.5, 0.6) is 0 Å². The molecular formula is C23H28ClN3O2. The molecule has 0 bridgehead atoms. The van der Waals surface area contributed by atoms with E-state index in [0.717, 1.165) is 29.8 Å². The van der Waals surface area contributed by atoms with E-state index in [1.165, 1.54) is 0 Å². The highest BCUT2D eigenvalue weighted by Gasteiger charge is 2.28. The van der Waals surface area contributed by atoms with Gasteiger partial charge in [0.05, 0.1) is 10.6 Å². The number of carbonyl (C=O) groups excluding carboxylic acids is 2. The van der Waals surface area contributed by atoms with Gasteiger partial charge in [0.25, 0.3) is 5.91 Å². The van der Waals surface area contributed by atoms with Crippen molar-refractivity contribution in [1.82, 2.24) is 4.90 Å². The fourth-order valence-corrected chi connectivity index (χ4v) is 3.53. The second-order valence-corrected chi connectivity index (χ2v) is 8.16. The minimum Gasteiger partial charge on any atom is -0.377 e. The summed E-state index contributed by atoms with van der Waals surface area (Å²) in [5.41, 5.74) is 3.28. The van der Waals surface area contributed by atoms with Crippen molar-refractivity contribution in [3.05, 3.63) is 58.6 Å². The van der Waals surface area contributed by atoms with Gasteiger partial charge in [0.1, 0.15) is 0 Å². The lowest BCUT2D eigenvalue weighted by Gasteiger charge is -2.27. The summed E-state index contributed by atoms with van der Waals surface area (Å²) in [6.45, 7) is 3.00. The zero-order chi connectivity index (χ0) is 21.0. The number of hydrogen-bond donors (Lipinski definition) is 1. The fourth-order valence-electron chi connectivity index (χ4n) is 3.32. The van der Waals surface area contributed by atoms with Crippen LogP contribution in [0.2, 0.25) is 5.02 Å². The second-order valence-electron chi connectivity index (χ2n) is 7.75. The van der Waals surface area contributed by atoms with E-state index >= 15 is 0 Å². The first-order valence-corrected chi connectivity index (χ1v) is 10.4. The van der Waals surface area contributed by atoms with E-state index in [4.69, 9.17) is 11.6 Å². The quantitative estimate of drug-likeness (QED) is 0.675. The van der Waals surface area contributed by atoms with Crippen LogP contribution in [0.4, 0.5) is 11.4 Å². The van der Waals surface area contributed by atoms with E-state index < -0.39 is 0 Å². The Kier molecular flexibility index (Phi) is 6.80. The van der Waals surface area contributed by atoms with E-state index in [2.05, 4.69) is 5.32 Å². The second kappa shape index (κ2) is 9.31. The molecule has 2 aromatic carbocycles. The normalized spacial score (nSPS) is 13.1. The van der Waals surface area contributed by atoms with Gasteiger partial charge >= 0.3 is 0 Å². The molecule has 2 aromatic rings. The average molecular weight is 414 g/mol. The van der Waals surface area contributed by atoms with Gasteiger partial charge in [-0.3, -0.25) is 9.59 Å². The number of benzene rings is 2. The zero-order valence-electron chi connectivity index (χ0n) is 17.2. The molecule has 0 aliphatic heterocycles. The van der Waals surface area contributed by atoms with Crippen LogP contribution in [-0.4, -0.2) is 37.4 Å². The molecule has 0 saturated heterocycles. The van der Waals surface area contributed by atoms with Gasteiger partial charge in [0, 0.05) is 45.0 Å². The molecule has 1 saturated carbocycles. The first-order valence-electron chi connectivity index (χ1n) is 10.0. The van der Waals surface area contributed by atoms with Gasteiger partial charge < -0.3 is 15.1 Å². The van der Waals surface area contributed by atoms with Gasteiger partial charge in [-0.15, -0.1) is 0 Å². The van der Waals surface area contributed by atoms with E-state index in [-0.39, 0.29) is 11.8 Å². The molecule has 6 heteroatoms. The molecule has 0 aromatic heterocycles. The van der Waals surface area contributed by atoms with Crippen molar-refractivity contribution >= 4 is 34.8 Å². The first-order chi connectivity index (χ1) is 13.9. The van der Waals surface area contributed by atoms with Crippen molar-refractivity contribution in [2.45, 2.75) is 32.7 Å². The van der Waals surface area contributed by atoms with Crippen LogP contribution in [-0.2, 0) is 11.3 Å². The van der Waals surface area contributed by atoms with Crippen LogP contribution < -0.4 is 10.2 Å². The highest BCUT2D eigenvalue weighted by Crippen LogP contribution is 2.32. The summed E-state index contributed by atoms with van der Waals surface area (Å²) >= 11 is 6.30. The van der Waals surface area contributed by atoms with Crippen LogP contribution in [0.15, 0.2) is 42.5 Å².